The normalized spacial score (nSPS) is 10.5. The number of nitrogens with zero attached hydrogens (tertiary/aromatic N) is 2. The standard InChI is InChI=1S/C21H23N3O2/c25-21(8-4-17-26-20-6-2-1-3-7-20)22-15-13-18-9-11-19(12-10-18)24-16-5-14-23-24/h1-3,5-7,9-12,14,16H,4,8,13,15,17H2,(H,22,25). The molecule has 5 heteroatoms. The number of hydrogen-bond donors (Lipinski definition) is 1. The lowest BCUT2D eigenvalue weighted by molar-refractivity contribution is -0.121. The van der Waals surface area contributed by atoms with Crippen molar-refractivity contribution in [3.05, 3.63) is 78.6 Å². The number of aromatic nitrogens is 2. The molecule has 0 aliphatic carbocycles. The van der Waals surface area contributed by atoms with Crippen molar-refractivity contribution in [3.63, 3.8) is 0 Å². The van der Waals surface area contributed by atoms with Crippen LogP contribution >= 0.6 is 0 Å². The van der Waals surface area contributed by atoms with Crippen molar-refractivity contribution in [1.29, 1.82) is 0 Å². The highest BCUT2D eigenvalue weighted by atomic mass is 16.5. The molecule has 2 aromatic carbocycles. The molecule has 5 nitrogen and oxygen atoms in total. The second kappa shape index (κ2) is 9.42. The maximum atomic E-state index is 11.9. The fourth-order valence-electron chi connectivity index (χ4n) is 2.61. The summed E-state index contributed by atoms with van der Waals surface area (Å²) in [7, 11) is 0. The average Bonchev–Trinajstić information content (AvgIpc) is 3.21. The largest absolute Gasteiger partial charge is 0.494 e. The molecule has 0 aliphatic rings. The van der Waals surface area contributed by atoms with Crippen LogP contribution in [0, 0.1) is 0 Å². The van der Waals surface area contributed by atoms with Crippen LogP contribution < -0.4 is 10.1 Å². The van der Waals surface area contributed by atoms with Crippen LogP contribution in [0.1, 0.15) is 18.4 Å². The van der Waals surface area contributed by atoms with Gasteiger partial charge in [0.15, 0.2) is 0 Å². The van der Waals surface area contributed by atoms with E-state index in [0.29, 0.717) is 26.0 Å². The fraction of sp³-hybridized carbons (Fsp3) is 0.238. The fourth-order valence-corrected chi connectivity index (χ4v) is 2.61. The topological polar surface area (TPSA) is 56.1 Å². The van der Waals surface area contributed by atoms with Crippen molar-refractivity contribution in [2.75, 3.05) is 13.2 Å². The van der Waals surface area contributed by atoms with Gasteiger partial charge in [0.2, 0.25) is 5.91 Å². The summed E-state index contributed by atoms with van der Waals surface area (Å²) in [5.74, 6) is 0.904. The molecular weight excluding hydrogens is 326 g/mol. The van der Waals surface area contributed by atoms with Gasteiger partial charge >= 0.3 is 0 Å². The van der Waals surface area contributed by atoms with E-state index in [4.69, 9.17) is 4.74 Å². The summed E-state index contributed by atoms with van der Waals surface area (Å²) in [6, 6.07) is 19.7. The maximum absolute atomic E-state index is 11.9. The average molecular weight is 349 g/mol. The molecule has 0 radical (unpaired) electrons. The molecule has 26 heavy (non-hydrogen) atoms. The predicted octanol–water partition coefficient (Wildman–Crippen LogP) is 3.39. The molecule has 3 rings (SSSR count). The number of ether oxygens (including phenoxy) is 1. The van der Waals surface area contributed by atoms with Crippen molar-refractivity contribution in [2.45, 2.75) is 19.3 Å². The minimum absolute atomic E-state index is 0.0647. The Hall–Kier alpha value is -3.08. The van der Waals surface area contributed by atoms with Gasteiger partial charge in [-0.1, -0.05) is 30.3 Å². The number of para-hydroxylation sites is 1. The van der Waals surface area contributed by atoms with E-state index in [0.717, 1.165) is 17.9 Å². The first-order valence-corrected chi connectivity index (χ1v) is 8.85. The van der Waals surface area contributed by atoms with Crippen molar-refractivity contribution in [3.8, 4) is 11.4 Å². The number of benzene rings is 2. The van der Waals surface area contributed by atoms with Gasteiger partial charge in [0.25, 0.3) is 0 Å². The van der Waals surface area contributed by atoms with Gasteiger partial charge in [-0.3, -0.25) is 4.79 Å². The summed E-state index contributed by atoms with van der Waals surface area (Å²) >= 11 is 0. The molecule has 0 aliphatic heterocycles. The maximum Gasteiger partial charge on any atom is 0.220 e. The number of hydrogen-bond acceptors (Lipinski definition) is 3. The summed E-state index contributed by atoms with van der Waals surface area (Å²) in [6.45, 7) is 1.19. The number of carbonyl (C=O) groups is 1. The van der Waals surface area contributed by atoms with Crippen LogP contribution in [0.25, 0.3) is 5.69 Å². The van der Waals surface area contributed by atoms with Crippen LogP contribution in [0.3, 0.4) is 0 Å². The van der Waals surface area contributed by atoms with Crippen LogP contribution in [0.15, 0.2) is 73.1 Å². The quantitative estimate of drug-likeness (QED) is 0.603. The van der Waals surface area contributed by atoms with Gasteiger partial charge in [-0.15, -0.1) is 0 Å². The van der Waals surface area contributed by atoms with Gasteiger partial charge in [-0.2, -0.15) is 5.10 Å². The Kier molecular flexibility index (Phi) is 6.42. The zero-order chi connectivity index (χ0) is 18.0. The van der Waals surface area contributed by atoms with Crippen molar-refractivity contribution >= 4 is 5.91 Å². The first kappa shape index (κ1) is 17.7. The van der Waals surface area contributed by atoms with Crippen molar-refractivity contribution in [2.24, 2.45) is 0 Å². The molecule has 0 fully saturated rings. The van der Waals surface area contributed by atoms with E-state index >= 15 is 0 Å². The van der Waals surface area contributed by atoms with Crippen LogP contribution in [-0.2, 0) is 11.2 Å². The van der Waals surface area contributed by atoms with E-state index in [1.54, 1.807) is 6.20 Å². The molecule has 3 aromatic rings. The third-order valence-electron chi connectivity index (χ3n) is 4.00. The Labute approximate surface area is 153 Å². The van der Waals surface area contributed by atoms with E-state index < -0.39 is 0 Å². The smallest absolute Gasteiger partial charge is 0.220 e. The molecule has 0 spiro atoms. The van der Waals surface area contributed by atoms with Crippen LogP contribution in [-0.4, -0.2) is 28.8 Å². The van der Waals surface area contributed by atoms with E-state index in [1.807, 2.05) is 59.4 Å². The summed E-state index contributed by atoms with van der Waals surface area (Å²) < 4.78 is 7.41. The highest BCUT2D eigenvalue weighted by Crippen LogP contribution is 2.10. The zero-order valence-electron chi connectivity index (χ0n) is 14.7. The van der Waals surface area contributed by atoms with Crippen LogP contribution in [0.4, 0.5) is 0 Å². The van der Waals surface area contributed by atoms with E-state index in [-0.39, 0.29) is 5.91 Å². The van der Waals surface area contributed by atoms with Gasteiger partial charge in [-0.05, 0) is 48.7 Å². The monoisotopic (exact) mass is 349 g/mol. The number of rotatable bonds is 9. The summed E-state index contributed by atoms with van der Waals surface area (Å²) in [5.41, 5.74) is 2.22. The minimum atomic E-state index is 0.0647. The number of nitrogens with one attached hydrogen (secondary N) is 1. The Morgan fingerprint density at radius 2 is 1.85 bits per heavy atom. The first-order valence-electron chi connectivity index (χ1n) is 8.85. The Morgan fingerprint density at radius 1 is 1.04 bits per heavy atom. The predicted molar refractivity (Wildman–Crippen MR) is 101 cm³/mol. The molecule has 1 aromatic heterocycles. The van der Waals surface area contributed by atoms with Crippen LogP contribution in [0.2, 0.25) is 0 Å². The zero-order valence-corrected chi connectivity index (χ0v) is 14.7. The third-order valence-corrected chi connectivity index (χ3v) is 4.00. The molecule has 1 amide bonds. The van der Waals surface area contributed by atoms with Crippen LogP contribution in [0.5, 0.6) is 5.75 Å². The molecule has 1 N–H and O–H groups in total. The molecule has 0 atom stereocenters. The first-order chi connectivity index (χ1) is 12.8. The van der Waals surface area contributed by atoms with E-state index in [2.05, 4.69) is 22.5 Å². The Balaban J connectivity index is 1.31. The van der Waals surface area contributed by atoms with Crippen molar-refractivity contribution in [1.82, 2.24) is 15.1 Å². The second-order valence-corrected chi connectivity index (χ2v) is 5.98. The molecule has 0 unspecified atom stereocenters. The molecule has 0 saturated carbocycles. The Morgan fingerprint density at radius 3 is 2.58 bits per heavy atom. The summed E-state index contributed by atoms with van der Waals surface area (Å²) in [4.78, 5) is 11.9. The molecular formula is C21H23N3O2. The minimum Gasteiger partial charge on any atom is -0.494 e. The Bertz CT molecular complexity index is 784. The van der Waals surface area contributed by atoms with E-state index in [9.17, 15) is 4.79 Å². The molecule has 134 valence electrons. The van der Waals surface area contributed by atoms with Gasteiger partial charge in [0.1, 0.15) is 5.75 Å². The van der Waals surface area contributed by atoms with Gasteiger partial charge in [0, 0.05) is 25.4 Å². The second-order valence-electron chi connectivity index (χ2n) is 5.98. The highest BCUT2D eigenvalue weighted by molar-refractivity contribution is 5.75. The third kappa shape index (κ3) is 5.48. The van der Waals surface area contributed by atoms with Gasteiger partial charge in [-0.25, -0.2) is 4.68 Å². The van der Waals surface area contributed by atoms with E-state index in [1.165, 1.54) is 5.56 Å². The summed E-state index contributed by atoms with van der Waals surface area (Å²) in [5, 5.41) is 7.17. The van der Waals surface area contributed by atoms with Crippen molar-refractivity contribution < 1.29 is 9.53 Å². The molecule has 1 heterocycles. The lowest BCUT2D eigenvalue weighted by Gasteiger charge is -2.08. The SMILES string of the molecule is O=C(CCCOc1ccccc1)NCCc1ccc(-n2cccn2)cc1. The highest BCUT2D eigenvalue weighted by Gasteiger charge is 2.02. The number of carbonyl (C=O) groups excluding carboxylic acids is 1. The van der Waals surface area contributed by atoms with Gasteiger partial charge in [0.05, 0.1) is 12.3 Å². The summed E-state index contributed by atoms with van der Waals surface area (Å²) in [6.07, 6.45) is 5.67. The lowest BCUT2D eigenvalue weighted by atomic mass is 10.1. The van der Waals surface area contributed by atoms with Gasteiger partial charge < -0.3 is 10.1 Å². The molecule has 0 saturated heterocycles. The molecule has 0 bridgehead atoms. The lowest BCUT2D eigenvalue weighted by Crippen LogP contribution is -2.25. The number of amides is 1.